The Kier molecular flexibility index (Phi) is 4.00. The average molecular weight is 294 g/mol. The zero-order valence-corrected chi connectivity index (χ0v) is 11.5. The number of hydrogen-bond donors (Lipinski definition) is 1. The minimum atomic E-state index is 0.289. The summed E-state index contributed by atoms with van der Waals surface area (Å²) in [6, 6.07) is 6.08. The molecule has 0 unspecified atom stereocenters. The first-order valence-electron chi connectivity index (χ1n) is 5.92. The number of anilines is 1. The second-order valence-corrected chi connectivity index (χ2v) is 5.26. The van der Waals surface area contributed by atoms with E-state index in [4.69, 9.17) is 0 Å². The summed E-state index contributed by atoms with van der Waals surface area (Å²) in [5, 5.41) is 3.21. The van der Waals surface area contributed by atoms with Crippen LogP contribution in [0.1, 0.15) is 31.2 Å². The molecule has 90 valence electrons. The maximum Gasteiger partial charge on any atom is 0.160 e. The lowest BCUT2D eigenvalue weighted by Gasteiger charge is -2.13. The van der Waals surface area contributed by atoms with Crippen molar-refractivity contribution in [1.29, 1.82) is 0 Å². The highest BCUT2D eigenvalue weighted by molar-refractivity contribution is 9.10. The van der Waals surface area contributed by atoms with E-state index in [-0.39, 0.29) is 5.78 Å². The Hall–Kier alpha value is -1.09. The predicted octanol–water partition coefficient (Wildman–Crippen LogP) is 4.20. The number of hydrogen-bond acceptors (Lipinski definition) is 2. The summed E-state index contributed by atoms with van der Waals surface area (Å²) in [5.41, 5.74) is 3.14. The molecule has 2 nitrogen and oxygen atoms in total. The molecule has 2 rings (SSSR count). The van der Waals surface area contributed by atoms with Crippen LogP contribution in [0.2, 0.25) is 0 Å². The van der Waals surface area contributed by atoms with Crippen molar-refractivity contribution in [3.63, 3.8) is 0 Å². The highest BCUT2D eigenvalue weighted by Gasteiger charge is 2.14. The number of halogens is 1. The highest BCUT2D eigenvalue weighted by atomic mass is 79.9. The Morgan fingerprint density at radius 3 is 2.76 bits per heavy atom. The molecule has 0 aromatic heterocycles. The molecule has 1 aromatic carbocycles. The molecular formula is C14H16BrNO. The normalized spacial score (nSPS) is 18.5. The van der Waals surface area contributed by atoms with Gasteiger partial charge >= 0.3 is 0 Å². The Labute approximate surface area is 110 Å². The molecule has 3 heteroatoms. The first-order valence-corrected chi connectivity index (χ1v) is 6.71. The van der Waals surface area contributed by atoms with Gasteiger partial charge in [-0.3, -0.25) is 4.79 Å². The Morgan fingerprint density at radius 2 is 2.06 bits per heavy atom. The minimum absolute atomic E-state index is 0.289. The van der Waals surface area contributed by atoms with E-state index in [1.54, 1.807) is 0 Å². The van der Waals surface area contributed by atoms with E-state index in [0.29, 0.717) is 6.42 Å². The summed E-state index contributed by atoms with van der Waals surface area (Å²) in [6.07, 6.45) is 5.63. The summed E-state index contributed by atoms with van der Waals surface area (Å²) in [6.45, 7) is 2.05. The molecule has 1 fully saturated rings. The molecule has 1 saturated carbocycles. The molecule has 1 aliphatic carbocycles. The molecule has 0 atom stereocenters. The SMILES string of the molecule is Cc1cc(N/C=C2\CCCCC2=O)ccc1Br. The number of Topliss-reactive ketones (excluding diaryl/α,β-unsaturated/α-hetero) is 1. The quantitative estimate of drug-likeness (QED) is 0.828. The standard InChI is InChI=1S/C14H16BrNO/c1-10-8-12(6-7-13(10)15)16-9-11-4-2-3-5-14(11)17/h6-9,16H,2-5H2,1H3/b11-9+. The summed E-state index contributed by atoms with van der Waals surface area (Å²) >= 11 is 3.47. The van der Waals surface area contributed by atoms with Gasteiger partial charge < -0.3 is 5.32 Å². The third kappa shape index (κ3) is 3.19. The molecule has 0 amide bonds. The van der Waals surface area contributed by atoms with Crippen molar-refractivity contribution in [3.05, 3.63) is 40.0 Å². The Bertz CT molecular complexity index is 465. The summed E-state index contributed by atoms with van der Waals surface area (Å²) in [4.78, 5) is 11.6. The van der Waals surface area contributed by atoms with Crippen molar-refractivity contribution in [2.75, 3.05) is 5.32 Å². The molecule has 0 heterocycles. The van der Waals surface area contributed by atoms with Gasteiger partial charge in [-0.05, 0) is 49.9 Å². The fraction of sp³-hybridized carbons (Fsp3) is 0.357. The molecule has 1 N–H and O–H groups in total. The number of benzene rings is 1. The maximum atomic E-state index is 11.6. The smallest absolute Gasteiger partial charge is 0.160 e. The Balaban J connectivity index is 2.08. The van der Waals surface area contributed by atoms with Crippen molar-refractivity contribution in [2.45, 2.75) is 32.6 Å². The third-order valence-corrected chi connectivity index (χ3v) is 3.92. The molecule has 0 spiro atoms. The van der Waals surface area contributed by atoms with Gasteiger partial charge in [0.25, 0.3) is 0 Å². The van der Waals surface area contributed by atoms with Crippen LogP contribution in [0, 0.1) is 6.92 Å². The largest absolute Gasteiger partial charge is 0.361 e. The van der Waals surface area contributed by atoms with Crippen molar-refractivity contribution in [1.82, 2.24) is 0 Å². The molecule has 0 bridgehead atoms. The molecule has 0 saturated heterocycles. The van der Waals surface area contributed by atoms with Crippen LogP contribution < -0.4 is 5.32 Å². The van der Waals surface area contributed by atoms with Gasteiger partial charge in [0.05, 0.1) is 0 Å². The molecule has 1 aromatic rings. The van der Waals surface area contributed by atoms with Gasteiger partial charge in [0.1, 0.15) is 0 Å². The summed E-state index contributed by atoms with van der Waals surface area (Å²) in [7, 11) is 0. The number of rotatable bonds is 2. The molecular weight excluding hydrogens is 278 g/mol. The third-order valence-electron chi connectivity index (χ3n) is 3.03. The van der Waals surface area contributed by atoms with E-state index in [1.165, 1.54) is 5.56 Å². The van der Waals surface area contributed by atoms with Crippen LogP contribution in [0.15, 0.2) is 34.4 Å². The van der Waals surface area contributed by atoms with Gasteiger partial charge in [-0.15, -0.1) is 0 Å². The fourth-order valence-electron chi connectivity index (χ4n) is 1.96. The van der Waals surface area contributed by atoms with Crippen LogP contribution >= 0.6 is 15.9 Å². The molecule has 0 aliphatic heterocycles. The van der Waals surface area contributed by atoms with Crippen molar-refractivity contribution in [2.24, 2.45) is 0 Å². The molecule has 17 heavy (non-hydrogen) atoms. The fourth-order valence-corrected chi connectivity index (χ4v) is 2.21. The average Bonchev–Trinajstić information content (AvgIpc) is 2.32. The van der Waals surface area contributed by atoms with E-state index in [0.717, 1.165) is 35.0 Å². The van der Waals surface area contributed by atoms with Crippen molar-refractivity contribution < 1.29 is 4.79 Å². The van der Waals surface area contributed by atoms with Crippen LogP contribution in [0.25, 0.3) is 0 Å². The van der Waals surface area contributed by atoms with Crippen LogP contribution in [0.5, 0.6) is 0 Å². The number of nitrogens with one attached hydrogen (secondary N) is 1. The minimum Gasteiger partial charge on any atom is -0.361 e. The number of carbonyl (C=O) groups excluding carboxylic acids is 1. The van der Waals surface area contributed by atoms with E-state index < -0.39 is 0 Å². The van der Waals surface area contributed by atoms with Crippen LogP contribution in [-0.4, -0.2) is 5.78 Å². The van der Waals surface area contributed by atoms with E-state index in [2.05, 4.69) is 27.3 Å². The number of ketones is 1. The van der Waals surface area contributed by atoms with Gasteiger partial charge in [-0.25, -0.2) is 0 Å². The zero-order valence-electron chi connectivity index (χ0n) is 9.92. The predicted molar refractivity (Wildman–Crippen MR) is 74.1 cm³/mol. The monoisotopic (exact) mass is 293 g/mol. The van der Waals surface area contributed by atoms with Crippen molar-refractivity contribution in [3.8, 4) is 0 Å². The second kappa shape index (κ2) is 5.50. The van der Waals surface area contributed by atoms with Crippen LogP contribution in [0.4, 0.5) is 5.69 Å². The molecule has 1 aliphatic rings. The van der Waals surface area contributed by atoms with Crippen LogP contribution in [-0.2, 0) is 4.79 Å². The topological polar surface area (TPSA) is 29.1 Å². The van der Waals surface area contributed by atoms with Gasteiger partial charge in [0, 0.05) is 28.4 Å². The summed E-state index contributed by atoms with van der Waals surface area (Å²) in [5.74, 6) is 0.289. The lowest BCUT2D eigenvalue weighted by molar-refractivity contribution is -0.116. The first-order chi connectivity index (χ1) is 8.16. The first kappa shape index (κ1) is 12.4. The van der Waals surface area contributed by atoms with Crippen molar-refractivity contribution >= 4 is 27.4 Å². The van der Waals surface area contributed by atoms with E-state index >= 15 is 0 Å². The zero-order chi connectivity index (χ0) is 12.3. The van der Waals surface area contributed by atoms with Gasteiger partial charge in [-0.1, -0.05) is 15.9 Å². The lowest BCUT2D eigenvalue weighted by Crippen LogP contribution is -2.09. The second-order valence-electron chi connectivity index (χ2n) is 4.41. The van der Waals surface area contributed by atoms with Gasteiger partial charge in [0.15, 0.2) is 5.78 Å². The van der Waals surface area contributed by atoms with Crippen LogP contribution in [0.3, 0.4) is 0 Å². The Morgan fingerprint density at radius 1 is 1.29 bits per heavy atom. The van der Waals surface area contributed by atoms with Gasteiger partial charge in [-0.2, -0.15) is 0 Å². The van der Waals surface area contributed by atoms with Gasteiger partial charge in [0.2, 0.25) is 0 Å². The molecule has 0 radical (unpaired) electrons. The number of carbonyl (C=O) groups is 1. The lowest BCUT2D eigenvalue weighted by atomic mass is 9.94. The maximum absolute atomic E-state index is 11.6. The highest BCUT2D eigenvalue weighted by Crippen LogP contribution is 2.22. The number of aryl methyl sites for hydroxylation is 1. The number of allylic oxidation sites excluding steroid dienone is 1. The van der Waals surface area contributed by atoms with E-state index in [1.807, 2.05) is 25.3 Å². The van der Waals surface area contributed by atoms with E-state index in [9.17, 15) is 4.79 Å². The summed E-state index contributed by atoms with van der Waals surface area (Å²) < 4.78 is 1.10.